The predicted molar refractivity (Wildman–Crippen MR) is 102 cm³/mol. The molecule has 2 N–H and O–H groups in total. The van der Waals surface area contributed by atoms with E-state index in [1.165, 1.54) is 10.6 Å². The molecule has 4 nitrogen and oxygen atoms in total. The number of aromatic nitrogens is 1. The molecule has 2 aromatic heterocycles. The van der Waals surface area contributed by atoms with E-state index in [1.54, 1.807) is 18.4 Å². The van der Waals surface area contributed by atoms with E-state index in [4.69, 9.17) is 0 Å². The van der Waals surface area contributed by atoms with Crippen LogP contribution < -0.4 is 10.6 Å². The zero-order valence-corrected chi connectivity index (χ0v) is 15.9. The van der Waals surface area contributed by atoms with Crippen molar-refractivity contribution in [2.75, 3.05) is 13.6 Å². The molecule has 0 radical (unpaired) electrons. The number of nitrogens with zero attached hydrogens (tertiary/aromatic N) is 2. The summed E-state index contributed by atoms with van der Waals surface area (Å²) in [7, 11) is 1.81. The highest BCUT2D eigenvalue weighted by Crippen LogP contribution is 2.17. The van der Waals surface area contributed by atoms with Gasteiger partial charge in [0.1, 0.15) is 5.01 Å². The Balaban J connectivity index is 1.74. The van der Waals surface area contributed by atoms with Crippen LogP contribution in [0.2, 0.25) is 0 Å². The first-order chi connectivity index (χ1) is 11.1. The van der Waals surface area contributed by atoms with E-state index in [0.29, 0.717) is 11.8 Å². The summed E-state index contributed by atoms with van der Waals surface area (Å²) in [6.07, 6.45) is 1.10. The molecule has 23 heavy (non-hydrogen) atoms. The largest absolute Gasteiger partial charge is 0.356 e. The molecule has 126 valence electrons. The van der Waals surface area contributed by atoms with Gasteiger partial charge in [-0.1, -0.05) is 26.8 Å². The number of hydrogen-bond acceptors (Lipinski definition) is 4. The van der Waals surface area contributed by atoms with E-state index in [9.17, 15) is 0 Å². The molecule has 2 aromatic rings. The normalized spacial score (nSPS) is 13.3. The van der Waals surface area contributed by atoms with Crippen LogP contribution in [0.1, 0.15) is 42.3 Å². The van der Waals surface area contributed by atoms with Gasteiger partial charge in [0.2, 0.25) is 0 Å². The summed E-state index contributed by atoms with van der Waals surface area (Å²) in [6, 6.07) is 4.31. The molecule has 1 atom stereocenters. The number of rotatable bonds is 7. The number of guanidine groups is 1. The molecule has 0 aliphatic heterocycles. The van der Waals surface area contributed by atoms with Crippen molar-refractivity contribution in [1.29, 1.82) is 0 Å². The van der Waals surface area contributed by atoms with Crippen LogP contribution in [0.5, 0.6) is 0 Å². The fraction of sp³-hybridized carbons (Fsp3) is 0.529. The molecular formula is C17H26N4S2. The van der Waals surface area contributed by atoms with Gasteiger partial charge in [-0.25, -0.2) is 4.98 Å². The van der Waals surface area contributed by atoms with Crippen molar-refractivity contribution in [2.24, 2.45) is 10.9 Å². The molecule has 0 aliphatic rings. The molecule has 1 unspecified atom stereocenters. The van der Waals surface area contributed by atoms with Crippen LogP contribution in [0.25, 0.3) is 0 Å². The molecule has 0 spiro atoms. The fourth-order valence-electron chi connectivity index (χ4n) is 2.17. The average molecular weight is 351 g/mol. The maximum absolute atomic E-state index is 4.64. The molecule has 0 aromatic carbocycles. The SMILES string of the molecule is CN=C(NCc1nc(C(C)C)cs1)NCC(C)Cc1cccs1. The minimum atomic E-state index is 0.482. The van der Waals surface area contributed by atoms with E-state index in [2.05, 4.69) is 64.3 Å². The van der Waals surface area contributed by atoms with Crippen molar-refractivity contribution in [3.8, 4) is 0 Å². The number of thiazole rings is 1. The van der Waals surface area contributed by atoms with Gasteiger partial charge in [-0.2, -0.15) is 0 Å². The first-order valence-corrected chi connectivity index (χ1v) is 9.75. The van der Waals surface area contributed by atoms with Gasteiger partial charge < -0.3 is 10.6 Å². The first kappa shape index (κ1) is 17.9. The van der Waals surface area contributed by atoms with E-state index in [1.807, 2.05) is 11.3 Å². The lowest BCUT2D eigenvalue weighted by molar-refractivity contribution is 0.562. The Kier molecular flexibility index (Phi) is 7.05. The number of nitrogens with one attached hydrogen (secondary N) is 2. The second-order valence-corrected chi connectivity index (χ2v) is 7.99. The monoisotopic (exact) mass is 350 g/mol. The van der Waals surface area contributed by atoms with Crippen molar-refractivity contribution in [3.63, 3.8) is 0 Å². The second-order valence-electron chi connectivity index (χ2n) is 6.02. The maximum atomic E-state index is 4.64. The highest BCUT2D eigenvalue weighted by molar-refractivity contribution is 7.10. The number of hydrogen-bond donors (Lipinski definition) is 2. The third kappa shape index (κ3) is 5.95. The molecule has 0 aliphatic carbocycles. The van der Waals surface area contributed by atoms with E-state index in [-0.39, 0.29) is 0 Å². The predicted octanol–water partition coefficient (Wildman–Crippen LogP) is 3.87. The second kappa shape index (κ2) is 9.03. The Labute approximate surface area is 147 Å². The van der Waals surface area contributed by atoms with Crippen molar-refractivity contribution in [3.05, 3.63) is 38.5 Å². The van der Waals surface area contributed by atoms with Crippen LogP contribution in [-0.2, 0) is 13.0 Å². The lowest BCUT2D eigenvalue weighted by Gasteiger charge is -2.15. The van der Waals surface area contributed by atoms with Gasteiger partial charge in [-0.3, -0.25) is 4.99 Å². The van der Waals surface area contributed by atoms with Gasteiger partial charge in [0, 0.05) is 23.8 Å². The highest BCUT2D eigenvalue weighted by Gasteiger charge is 2.08. The van der Waals surface area contributed by atoms with Crippen LogP contribution in [0.3, 0.4) is 0 Å². The molecule has 0 saturated carbocycles. The molecule has 6 heteroatoms. The van der Waals surface area contributed by atoms with Gasteiger partial charge in [0.25, 0.3) is 0 Å². The Morgan fingerprint density at radius 1 is 1.26 bits per heavy atom. The van der Waals surface area contributed by atoms with Crippen LogP contribution in [-0.4, -0.2) is 24.5 Å². The molecule has 2 rings (SSSR count). The van der Waals surface area contributed by atoms with E-state index in [0.717, 1.165) is 30.5 Å². The zero-order chi connectivity index (χ0) is 16.7. The van der Waals surface area contributed by atoms with Crippen LogP contribution >= 0.6 is 22.7 Å². The topological polar surface area (TPSA) is 49.3 Å². The average Bonchev–Trinajstić information content (AvgIpc) is 3.18. The van der Waals surface area contributed by atoms with Crippen molar-refractivity contribution in [2.45, 2.75) is 39.7 Å². The Morgan fingerprint density at radius 3 is 2.70 bits per heavy atom. The standard InChI is InChI=1S/C17H26N4S2/c1-12(2)15-11-23-16(21-15)10-20-17(18-4)19-9-13(3)8-14-6-5-7-22-14/h5-7,11-13H,8-10H2,1-4H3,(H2,18,19,20). The third-order valence-electron chi connectivity index (χ3n) is 3.54. The van der Waals surface area contributed by atoms with Crippen molar-refractivity contribution < 1.29 is 0 Å². The first-order valence-electron chi connectivity index (χ1n) is 7.99. The summed E-state index contributed by atoms with van der Waals surface area (Å²) in [5.74, 6) is 1.89. The van der Waals surface area contributed by atoms with Crippen LogP contribution in [0.4, 0.5) is 0 Å². The zero-order valence-electron chi connectivity index (χ0n) is 14.3. The Hall–Kier alpha value is -1.40. The molecule has 0 fully saturated rings. The number of thiophene rings is 1. The van der Waals surface area contributed by atoms with Gasteiger partial charge >= 0.3 is 0 Å². The van der Waals surface area contributed by atoms with Gasteiger partial charge in [0.05, 0.1) is 12.2 Å². The Morgan fingerprint density at radius 2 is 2.09 bits per heavy atom. The molecular weight excluding hydrogens is 324 g/mol. The van der Waals surface area contributed by atoms with Gasteiger partial charge in [0.15, 0.2) is 5.96 Å². The maximum Gasteiger partial charge on any atom is 0.191 e. The minimum Gasteiger partial charge on any atom is -0.356 e. The molecule has 0 amide bonds. The summed E-state index contributed by atoms with van der Waals surface area (Å²) in [5, 5.41) is 12.1. The van der Waals surface area contributed by atoms with Crippen LogP contribution in [0, 0.1) is 5.92 Å². The third-order valence-corrected chi connectivity index (χ3v) is 5.31. The van der Waals surface area contributed by atoms with Gasteiger partial charge in [-0.15, -0.1) is 22.7 Å². The lowest BCUT2D eigenvalue weighted by Crippen LogP contribution is -2.39. The summed E-state index contributed by atoms with van der Waals surface area (Å²) >= 11 is 3.53. The fourth-order valence-corrected chi connectivity index (χ4v) is 3.93. The van der Waals surface area contributed by atoms with Crippen LogP contribution in [0.15, 0.2) is 27.9 Å². The summed E-state index contributed by atoms with van der Waals surface area (Å²) in [5.41, 5.74) is 1.17. The molecule has 2 heterocycles. The number of aliphatic imine (C=N–C) groups is 1. The summed E-state index contributed by atoms with van der Waals surface area (Å²) in [4.78, 5) is 10.4. The quantitative estimate of drug-likeness (QED) is 0.589. The molecule has 0 saturated heterocycles. The highest BCUT2D eigenvalue weighted by atomic mass is 32.1. The molecule has 0 bridgehead atoms. The van der Waals surface area contributed by atoms with E-state index < -0.39 is 0 Å². The van der Waals surface area contributed by atoms with Crippen molar-refractivity contribution >= 4 is 28.6 Å². The van der Waals surface area contributed by atoms with E-state index >= 15 is 0 Å². The van der Waals surface area contributed by atoms with Gasteiger partial charge in [-0.05, 0) is 29.7 Å². The summed E-state index contributed by atoms with van der Waals surface area (Å²) < 4.78 is 0. The smallest absolute Gasteiger partial charge is 0.191 e. The summed E-state index contributed by atoms with van der Waals surface area (Å²) in [6.45, 7) is 8.22. The lowest BCUT2D eigenvalue weighted by atomic mass is 10.1. The minimum absolute atomic E-state index is 0.482. The Bertz CT molecular complexity index is 602. The van der Waals surface area contributed by atoms with Crippen molar-refractivity contribution in [1.82, 2.24) is 15.6 Å².